The number of nitrogens with one attached hydrogen (secondary N) is 2. The second kappa shape index (κ2) is 8.80. The van der Waals surface area contributed by atoms with E-state index in [1.807, 2.05) is 18.2 Å². The fourth-order valence-electron chi connectivity index (χ4n) is 2.33. The molecule has 0 bridgehead atoms. The molecule has 140 valence electrons. The Kier molecular flexibility index (Phi) is 6.48. The molecule has 0 aliphatic carbocycles. The number of nitrogens with zero attached hydrogens (tertiary/aromatic N) is 1. The second-order valence-electron chi connectivity index (χ2n) is 5.64. The lowest BCUT2D eigenvalue weighted by Crippen LogP contribution is -2.48. The van der Waals surface area contributed by atoms with Crippen LogP contribution in [0.4, 0.5) is 4.79 Å². The minimum absolute atomic E-state index is 0.373. The van der Waals surface area contributed by atoms with Crippen molar-refractivity contribution in [1.82, 2.24) is 15.8 Å². The Morgan fingerprint density at radius 2 is 1.85 bits per heavy atom. The summed E-state index contributed by atoms with van der Waals surface area (Å²) in [5.41, 5.74) is 6.11. The van der Waals surface area contributed by atoms with Crippen molar-refractivity contribution >= 4 is 11.9 Å². The highest BCUT2D eigenvalue weighted by Gasteiger charge is 2.14. The zero-order valence-corrected chi connectivity index (χ0v) is 15.3. The van der Waals surface area contributed by atoms with Crippen molar-refractivity contribution in [3.05, 3.63) is 47.4 Å². The zero-order valence-electron chi connectivity index (χ0n) is 15.3. The molecule has 0 atom stereocenters. The fourth-order valence-corrected chi connectivity index (χ4v) is 2.33. The highest BCUT2D eigenvalue weighted by atomic mass is 16.5. The SMILES string of the molecule is COc1ccc(CCN(C)C(=O)NNC(=O)c2ccoc2C)cc1OC. The predicted molar refractivity (Wildman–Crippen MR) is 95.3 cm³/mol. The van der Waals surface area contributed by atoms with Crippen LogP contribution < -0.4 is 20.3 Å². The van der Waals surface area contributed by atoms with Gasteiger partial charge in [-0.05, 0) is 37.1 Å². The number of amides is 3. The van der Waals surface area contributed by atoms with Gasteiger partial charge in [-0.15, -0.1) is 0 Å². The average molecular weight is 361 g/mol. The number of benzene rings is 1. The number of hydrogen-bond donors (Lipinski definition) is 2. The third kappa shape index (κ3) is 4.69. The summed E-state index contributed by atoms with van der Waals surface area (Å²) >= 11 is 0. The smallest absolute Gasteiger partial charge is 0.335 e. The molecular formula is C18H23N3O5. The van der Waals surface area contributed by atoms with Crippen LogP contribution in [0, 0.1) is 6.92 Å². The largest absolute Gasteiger partial charge is 0.493 e. The summed E-state index contributed by atoms with van der Waals surface area (Å²) in [6, 6.07) is 6.73. The summed E-state index contributed by atoms with van der Waals surface area (Å²) in [6.45, 7) is 2.13. The molecule has 8 nitrogen and oxygen atoms in total. The molecular weight excluding hydrogens is 338 g/mol. The third-order valence-electron chi connectivity index (χ3n) is 3.92. The van der Waals surface area contributed by atoms with Crippen LogP contribution in [-0.4, -0.2) is 44.7 Å². The van der Waals surface area contributed by atoms with Crippen molar-refractivity contribution in [3.8, 4) is 11.5 Å². The van der Waals surface area contributed by atoms with Crippen molar-refractivity contribution in [1.29, 1.82) is 0 Å². The van der Waals surface area contributed by atoms with E-state index in [0.29, 0.717) is 35.8 Å². The molecule has 1 aromatic heterocycles. The molecule has 0 unspecified atom stereocenters. The summed E-state index contributed by atoms with van der Waals surface area (Å²) in [5, 5.41) is 0. The second-order valence-corrected chi connectivity index (χ2v) is 5.64. The van der Waals surface area contributed by atoms with Crippen molar-refractivity contribution in [2.45, 2.75) is 13.3 Å². The van der Waals surface area contributed by atoms with Gasteiger partial charge in [0.1, 0.15) is 5.76 Å². The number of rotatable bonds is 6. The van der Waals surface area contributed by atoms with Crippen molar-refractivity contribution in [3.63, 3.8) is 0 Å². The number of ether oxygens (including phenoxy) is 2. The minimum Gasteiger partial charge on any atom is -0.493 e. The van der Waals surface area contributed by atoms with Crippen LogP contribution in [0.2, 0.25) is 0 Å². The molecule has 0 fully saturated rings. The first-order valence-electron chi connectivity index (χ1n) is 8.02. The molecule has 1 heterocycles. The summed E-state index contributed by atoms with van der Waals surface area (Å²) in [6.07, 6.45) is 2.04. The average Bonchev–Trinajstić information content (AvgIpc) is 3.09. The number of hydrazine groups is 1. The molecule has 0 radical (unpaired) electrons. The van der Waals surface area contributed by atoms with Gasteiger partial charge in [-0.25, -0.2) is 10.2 Å². The maximum atomic E-state index is 12.1. The summed E-state index contributed by atoms with van der Waals surface area (Å²) in [4.78, 5) is 25.5. The number of aryl methyl sites for hydroxylation is 1. The van der Waals surface area contributed by atoms with E-state index in [1.165, 1.54) is 17.2 Å². The van der Waals surface area contributed by atoms with E-state index in [4.69, 9.17) is 13.9 Å². The molecule has 2 aromatic rings. The number of carbonyl (C=O) groups excluding carboxylic acids is 2. The van der Waals surface area contributed by atoms with Crippen LogP contribution >= 0.6 is 0 Å². The van der Waals surface area contributed by atoms with Gasteiger partial charge in [-0.2, -0.15) is 0 Å². The maximum Gasteiger partial charge on any atom is 0.335 e. The van der Waals surface area contributed by atoms with E-state index in [1.54, 1.807) is 28.2 Å². The number of likely N-dealkylation sites (N-methyl/N-ethyl adjacent to an activating group) is 1. The van der Waals surface area contributed by atoms with Crippen LogP contribution in [-0.2, 0) is 6.42 Å². The highest BCUT2D eigenvalue weighted by Crippen LogP contribution is 2.27. The number of carbonyl (C=O) groups is 2. The fraction of sp³-hybridized carbons (Fsp3) is 0.333. The lowest BCUT2D eigenvalue weighted by Gasteiger charge is -2.18. The maximum absolute atomic E-state index is 12.1. The van der Waals surface area contributed by atoms with Gasteiger partial charge in [-0.1, -0.05) is 6.07 Å². The van der Waals surface area contributed by atoms with Gasteiger partial charge in [0.25, 0.3) is 5.91 Å². The van der Waals surface area contributed by atoms with Crippen LogP contribution in [0.15, 0.2) is 34.9 Å². The standard InChI is InChI=1S/C18H23N3O5/c1-12-14(8-10-26-12)17(22)19-20-18(23)21(2)9-7-13-5-6-15(24-3)16(11-13)25-4/h5-6,8,10-11H,7,9H2,1-4H3,(H,19,22)(H,20,23). The van der Waals surface area contributed by atoms with Gasteiger partial charge in [-0.3, -0.25) is 10.2 Å². The lowest BCUT2D eigenvalue weighted by molar-refractivity contribution is 0.0930. The summed E-state index contributed by atoms with van der Waals surface area (Å²) < 4.78 is 15.5. The molecule has 3 amide bonds. The van der Waals surface area contributed by atoms with E-state index in [0.717, 1.165) is 5.56 Å². The third-order valence-corrected chi connectivity index (χ3v) is 3.92. The molecule has 0 aliphatic rings. The van der Waals surface area contributed by atoms with E-state index in [-0.39, 0.29) is 0 Å². The van der Waals surface area contributed by atoms with Crippen molar-refractivity contribution in [2.24, 2.45) is 0 Å². The Labute approximate surface area is 152 Å². The molecule has 26 heavy (non-hydrogen) atoms. The summed E-state index contributed by atoms with van der Waals surface area (Å²) in [7, 11) is 4.80. The normalized spacial score (nSPS) is 10.2. The molecule has 0 spiro atoms. The lowest BCUT2D eigenvalue weighted by atomic mass is 10.1. The Balaban J connectivity index is 1.83. The Morgan fingerprint density at radius 3 is 2.46 bits per heavy atom. The van der Waals surface area contributed by atoms with Crippen molar-refractivity contribution < 1.29 is 23.5 Å². The van der Waals surface area contributed by atoms with Crippen LogP contribution in [0.25, 0.3) is 0 Å². The monoisotopic (exact) mass is 361 g/mol. The van der Waals surface area contributed by atoms with Gasteiger partial charge >= 0.3 is 6.03 Å². The predicted octanol–water partition coefficient (Wildman–Crippen LogP) is 2.13. The van der Waals surface area contributed by atoms with E-state index < -0.39 is 11.9 Å². The zero-order chi connectivity index (χ0) is 19.1. The van der Waals surface area contributed by atoms with E-state index >= 15 is 0 Å². The van der Waals surface area contributed by atoms with Crippen LogP contribution in [0.3, 0.4) is 0 Å². The first-order chi connectivity index (χ1) is 12.5. The van der Waals surface area contributed by atoms with Gasteiger partial charge in [0, 0.05) is 13.6 Å². The first kappa shape index (κ1) is 19.2. The summed E-state index contributed by atoms with van der Waals surface area (Å²) in [5.74, 6) is 1.34. The van der Waals surface area contributed by atoms with Crippen LogP contribution in [0.5, 0.6) is 11.5 Å². The molecule has 0 aliphatic heterocycles. The number of furan rings is 1. The molecule has 2 N–H and O–H groups in total. The van der Waals surface area contributed by atoms with E-state index in [9.17, 15) is 9.59 Å². The molecule has 2 rings (SSSR count). The first-order valence-corrected chi connectivity index (χ1v) is 8.02. The van der Waals surface area contributed by atoms with E-state index in [2.05, 4.69) is 10.9 Å². The molecule has 8 heteroatoms. The number of urea groups is 1. The van der Waals surface area contributed by atoms with Gasteiger partial charge in [0.15, 0.2) is 11.5 Å². The molecule has 0 saturated heterocycles. The van der Waals surface area contributed by atoms with Gasteiger partial charge in [0.2, 0.25) is 0 Å². The minimum atomic E-state index is -0.433. The quantitative estimate of drug-likeness (QED) is 0.769. The van der Waals surface area contributed by atoms with Gasteiger partial charge < -0.3 is 18.8 Å². The topological polar surface area (TPSA) is 93.0 Å². The Hall–Kier alpha value is -3.16. The van der Waals surface area contributed by atoms with Crippen LogP contribution in [0.1, 0.15) is 21.7 Å². The number of hydrogen-bond acceptors (Lipinski definition) is 5. The Morgan fingerprint density at radius 1 is 1.12 bits per heavy atom. The molecule has 0 saturated carbocycles. The number of methoxy groups -OCH3 is 2. The Bertz CT molecular complexity index is 772. The van der Waals surface area contributed by atoms with Gasteiger partial charge in [0.05, 0.1) is 26.0 Å². The molecule has 1 aromatic carbocycles. The van der Waals surface area contributed by atoms with Crippen molar-refractivity contribution in [2.75, 3.05) is 27.8 Å². The highest BCUT2D eigenvalue weighted by molar-refractivity contribution is 5.96.